The molecule has 0 unspecified atom stereocenters. The predicted octanol–water partition coefficient (Wildman–Crippen LogP) is 3.93. The molecule has 174 valence electrons. The van der Waals surface area contributed by atoms with Crippen molar-refractivity contribution in [2.24, 2.45) is 0 Å². The average molecular weight is 481 g/mol. The highest BCUT2D eigenvalue weighted by atomic mass is 32.2. The lowest BCUT2D eigenvalue weighted by molar-refractivity contribution is -0.116. The Morgan fingerprint density at radius 1 is 1.03 bits per heavy atom. The van der Waals surface area contributed by atoms with Crippen LogP contribution in [-0.2, 0) is 21.2 Å². The maximum Gasteiger partial charge on any atom is 0.244 e. The molecule has 3 aromatic carbocycles. The topological polar surface area (TPSA) is 94.5 Å². The number of rotatable bonds is 6. The van der Waals surface area contributed by atoms with Crippen LogP contribution in [0.2, 0.25) is 0 Å². The van der Waals surface area contributed by atoms with Crippen LogP contribution in [0.15, 0.2) is 87.5 Å². The Labute approximate surface area is 195 Å². The molecule has 7 nitrogen and oxygen atoms in total. The number of nitrogens with one attached hydrogen (secondary N) is 1. The van der Waals surface area contributed by atoms with Gasteiger partial charge in [-0.05, 0) is 61.5 Å². The maximum absolute atomic E-state index is 14.0. The first-order valence-electron chi connectivity index (χ1n) is 10.3. The summed E-state index contributed by atoms with van der Waals surface area (Å²) >= 11 is 0. The first-order valence-corrected chi connectivity index (χ1v) is 11.8. The number of aryl methyl sites for hydroxylation is 1. The molecule has 0 saturated carbocycles. The van der Waals surface area contributed by atoms with Crippen LogP contribution in [0.1, 0.15) is 5.56 Å². The van der Waals surface area contributed by atoms with Crippen molar-refractivity contribution >= 4 is 32.3 Å². The summed E-state index contributed by atoms with van der Waals surface area (Å²) in [5.41, 5.74) is 0.984. The van der Waals surface area contributed by atoms with Crippen LogP contribution >= 0.6 is 0 Å². The second-order valence-electron chi connectivity index (χ2n) is 7.71. The number of anilines is 1. The molecule has 34 heavy (non-hydrogen) atoms. The zero-order chi connectivity index (χ0) is 24.5. The van der Waals surface area contributed by atoms with Gasteiger partial charge in [0, 0.05) is 17.3 Å². The fourth-order valence-corrected chi connectivity index (χ4v) is 4.91. The molecule has 0 aliphatic heterocycles. The van der Waals surface area contributed by atoms with Gasteiger partial charge in [-0.1, -0.05) is 17.7 Å². The lowest BCUT2D eigenvalue weighted by atomic mass is 10.2. The lowest BCUT2D eigenvalue weighted by Crippen LogP contribution is -2.24. The highest BCUT2D eigenvalue weighted by molar-refractivity contribution is 7.91. The smallest absolute Gasteiger partial charge is 0.244 e. The highest BCUT2D eigenvalue weighted by Gasteiger charge is 2.24. The first-order chi connectivity index (χ1) is 16.2. The van der Waals surface area contributed by atoms with E-state index in [0.717, 1.165) is 23.9 Å². The fourth-order valence-electron chi connectivity index (χ4n) is 3.54. The number of hydrogen-bond acceptors (Lipinski definition) is 5. The summed E-state index contributed by atoms with van der Waals surface area (Å²) in [7, 11) is -2.82. The van der Waals surface area contributed by atoms with Crippen LogP contribution in [0.3, 0.4) is 0 Å². The number of nitrogens with zero attached hydrogens (tertiary/aromatic N) is 1. The quantitative estimate of drug-likeness (QED) is 0.451. The maximum atomic E-state index is 14.0. The number of carbonyl (C=O) groups excluding carboxylic acids is 1. The fraction of sp³-hybridized carbons (Fsp3) is 0.120. The van der Waals surface area contributed by atoms with Crippen LogP contribution in [0.25, 0.3) is 10.9 Å². The number of aromatic nitrogens is 1. The van der Waals surface area contributed by atoms with Crippen LogP contribution in [0, 0.1) is 12.7 Å². The molecule has 0 aliphatic rings. The Bertz CT molecular complexity index is 1540. The van der Waals surface area contributed by atoms with E-state index in [2.05, 4.69) is 5.32 Å². The third kappa shape index (κ3) is 4.55. The van der Waals surface area contributed by atoms with Crippen molar-refractivity contribution in [2.75, 3.05) is 12.4 Å². The van der Waals surface area contributed by atoms with Crippen LogP contribution in [0.4, 0.5) is 10.1 Å². The van der Waals surface area contributed by atoms with Gasteiger partial charge in [0.2, 0.25) is 21.2 Å². The number of hydrogen-bond donors (Lipinski definition) is 1. The Morgan fingerprint density at radius 3 is 2.35 bits per heavy atom. The molecule has 4 aromatic rings. The van der Waals surface area contributed by atoms with Crippen LogP contribution < -0.4 is 15.5 Å². The second-order valence-corrected chi connectivity index (χ2v) is 9.62. The molecule has 1 aromatic heterocycles. The third-order valence-electron chi connectivity index (χ3n) is 5.32. The van der Waals surface area contributed by atoms with Gasteiger partial charge in [-0.15, -0.1) is 0 Å². The molecule has 0 spiro atoms. The van der Waals surface area contributed by atoms with E-state index >= 15 is 0 Å². The number of ether oxygens (including phenoxy) is 1. The van der Waals surface area contributed by atoms with Gasteiger partial charge < -0.3 is 14.6 Å². The van der Waals surface area contributed by atoms with Gasteiger partial charge in [0.1, 0.15) is 23.0 Å². The standard InChI is InChI=1S/C25H21FN2O5S/c1-16-3-6-18(7-4-16)27-24(29)15-28-14-23(25(30)21-13-17(26)5-12-22(21)28)34(31,32)20-10-8-19(33-2)9-11-20/h3-14H,15H2,1-2H3,(H,27,29). The summed E-state index contributed by atoms with van der Waals surface area (Å²) in [6.07, 6.45) is 1.12. The van der Waals surface area contributed by atoms with Crippen molar-refractivity contribution in [3.8, 4) is 5.75 Å². The molecular weight excluding hydrogens is 459 g/mol. The Balaban J connectivity index is 1.80. The predicted molar refractivity (Wildman–Crippen MR) is 126 cm³/mol. The van der Waals surface area contributed by atoms with Crippen molar-refractivity contribution in [2.45, 2.75) is 23.3 Å². The molecule has 4 rings (SSSR count). The molecule has 1 N–H and O–H groups in total. The molecule has 0 fully saturated rings. The van der Waals surface area contributed by atoms with E-state index in [4.69, 9.17) is 4.74 Å². The highest BCUT2D eigenvalue weighted by Crippen LogP contribution is 2.24. The molecule has 1 heterocycles. The number of amides is 1. The van der Waals surface area contributed by atoms with E-state index in [1.165, 1.54) is 42.0 Å². The number of fused-ring (bicyclic) bond motifs is 1. The SMILES string of the molecule is COc1ccc(S(=O)(=O)c2cn(CC(=O)Nc3ccc(C)cc3)c3ccc(F)cc3c2=O)cc1. The molecule has 0 atom stereocenters. The average Bonchev–Trinajstić information content (AvgIpc) is 2.82. The minimum Gasteiger partial charge on any atom is -0.497 e. The zero-order valence-corrected chi connectivity index (χ0v) is 19.2. The van der Waals surface area contributed by atoms with Crippen LogP contribution in [-0.4, -0.2) is 26.0 Å². The van der Waals surface area contributed by atoms with Gasteiger partial charge in [-0.2, -0.15) is 0 Å². The number of sulfone groups is 1. The molecule has 0 saturated heterocycles. The van der Waals surface area contributed by atoms with Gasteiger partial charge in [-0.25, -0.2) is 12.8 Å². The largest absolute Gasteiger partial charge is 0.497 e. The van der Waals surface area contributed by atoms with E-state index in [0.29, 0.717) is 11.4 Å². The lowest BCUT2D eigenvalue weighted by Gasteiger charge is -2.14. The molecule has 0 radical (unpaired) electrons. The van der Waals surface area contributed by atoms with E-state index in [1.807, 2.05) is 19.1 Å². The Morgan fingerprint density at radius 2 is 1.71 bits per heavy atom. The summed E-state index contributed by atoms with van der Waals surface area (Å²) < 4.78 is 46.9. The van der Waals surface area contributed by atoms with Crippen molar-refractivity contribution in [3.63, 3.8) is 0 Å². The monoisotopic (exact) mass is 480 g/mol. The number of methoxy groups -OCH3 is 1. The summed E-state index contributed by atoms with van der Waals surface area (Å²) in [4.78, 5) is 25.1. The van der Waals surface area contributed by atoms with E-state index in [-0.39, 0.29) is 22.3 Å². The van der Waals surface area contributed by atoms with Gasteiger partial charge in [0.25, 0.3) is 0 Å². The van der Waals surface area contributed by atoms with E-state index in [1.54, 1.807) is 12.1 Å². The molecule has 0 bridgehead atoms. The van der Waals surface area contributed by atoms with E-state index in [9.17, 15) is 22.4 Å². The first kappa shape index (κ1) is 23.2. The van der Waals surface area contributed by atoms with E-state index < -0.39 is 31.9 Å². The number of halogens is 1. The van der Waals surface area contributed by atoms with Gasteiger partial charge in [0.05, 0.1) is 17.5 Å². The van der Waals surface area contributed by atoms with Crippen molar-refractivity contribution in [1.82, 2.24) is 4.57 Å². The van der Waals surface area contributed by atoms with Gasteiger partial charge >= 0.3 is 0 Å². The van der Waals surface area contributed by atoms with Gasteiger partial charge in [0.15, 0.2) is 0 Å². The molecular formula is C25H21FN2O5S. The minimum absolute atomic E-state index is 0.128. The summed E-state index contributed by atoms with van der Waals surface area (Å²) in [6.45, 7) is 1.63. The Hall–Kier alpha value is -3.98. The second kappa shape index (κ2) is 9.11. The minimum atomic E-state index is -4.26. The van der Waals surface area contributed by atoms with Crippen molar-refractivity contribution < 1.29 is 22.3 Å². The van der Waals surface area contributed by atoms with Crippen LogP contribution in [0.5, 0.6) is 5.75 Å². The third-order valence-corrected chi connectivity index (χ3v) is 7.08. The van der Waals surface area contributed by atoms with Gasteiger partial charge in [-0.3, -0.25) is 9.59 Å². The number of pyridine rings is 1. The summed E-state index contributed by atoms with van der Waals surface area (Å²) in [5, 5.41) is 2.59. The van der Waals surface area contributed by atoms with Crippen molar-refractivity contribution in [3.05, 3.63) is 94.5 Å². The molecule has 0 aliphatic carbocycles. The molecule has 9 heteroatoms. The summed E-state index contributed by atoms with van der Waals surface area (Å²) in [6, 6.07) is 16.2. The number of benzene rings is 3. The summed E-state index contributed by atoms with van der Waals surface area (Å²) in [5.74, 6) is -0.685. The molecule has 1 amide bonds. The zero-order valence-electron chi connectivity index (χ0n) is 18.4. The normalized spacial score (nSPS) is 11.4. The number of carbonyl (C=O) groups is 1. The van der Waals surface area contributed by atoms with Crippen molar-refractivity contribution in [1.29, 1.82) is 0 Å². The Kier molecular flexibility index (Phi) is 6.21.